The van der Waals surface area contributed by atoms with Crippen LogP contribution in [0.2, 0.25) is 0 Å². The molecular weight excluding hydrogens is 243 g/mol. The number of aliphatic carboxylic acids is 2. The van der Waals surface area contributed by atoms with Crippen LogP contribution in [-0.2, 0) is 9.59 Å². The Bertz CT molecular complexity index is 172. The maximum atomic E-state index is 9.90. The summed E-state index contributed by atoms with van der Waals surface area (Å²) in [7, 11) is 0. The molecule has 0 atom stereocenters. The monoisotopic (exact) mass is 250 g/mol. The van der Waals surface area contributed by atoms with Crippen molar-refractivity contribution in [2.45, 2.75) is 6.92 Å². The third-order valence-electron chi connectivity index (χ3n) is 0.677. The summed E-state index contributed by atoms with van der Waals surface area (Å²) in [5, 5.41) is 16.1. The Hall–Kier alpha value is -0.521. The van der Waals surface area contributed by atoms with Gasteiger partial charge in [-0.3, -0.25) is 0 Å². The van der Waals surface area contributed by atoms with Crippen molar-refractivity contribution in [3.8, 4) is 0 Å². The zero-order chi connectivity index (χ0) is 7.44. The Morgan fingerprint density at radius 3 is 1.80 bits per heavy atom. The summed E-state index contributed by atoms with van der Waals surface area (Å²) in [6.45, 7) is 1.22. The smallest absolute Gasteiger partial charge is 0.331 e. The number of carboxylic acid groups (broad SMARTS) is 2. The summed E-state index contributed by atoms with van der Waals surface area (Å²) in [5.74, 6) is -2.45. The van der Waals surface area contributed by atoms with Crippen LogP contribution in [0.5, 0.6) is 0 Å². The summed E-state index contributed by atoms with van der Waals surface area (Å²) in [4.78, 5) is 19.7. The Morgan fingerprint density at radius 1 is 1.30 bits per heavy atom. The van der Waals surface area contributed by atoms with Crippen molar-refractivity contribution in [2.24, 2.45) is 0 Å². The number of hydrogen-bond acceptors (Lipinski definition) is 2. The Morgan fingerprint density at radius 2 is 1.70 bits per heavy atom. The van der Waals surface area contributed by atoms with Gasteiger partial charge in [-0.1, -0.05) is 0 Å². The minimum atomic E-state index is -1.24. The SMILES string of the molecule is C/C(=C/C(=O)O)C(=O)O.[Sn]. The molecule has 0 heterocycles. The first kappa shape index (κ1) is 12.2. The van der Waals surface area contributed by atoms with Crippen molar-refractivity contribution < 1.29 is 19.8 Å². The zero-order valence-electron chi connectivity index (χ0n) is 5.29. The van der Waals surface area contributed by atoms with Crippen LogP contribution < -0.4 is 0 Å². The van der Waals surface area contributed by atoms with Crippen molar-refractivity contribution >= 4 is 35.8 Å². The van der Waals surface area contributed by atoms with Gasteiger partial charge >= 0.3 is 11.9 Å². The maximum absolute atomic E-state index is 9.90. The predicted molar refractivity (Wildman–Crippen MR) is 34.8 cm³/mol. The van der Waals surface area contributed by atoms with Crippen LogP contribution in [-0.4, -0.2) is 46.1 Å². The van der Waals surface area contributed by atoms with Crippen molar-refractivity contribution in [2.75, 3.05) is 0 Å². The molecule has 54 valence electrons. The predicted octanol–water partition coefficient (Wildman–Crippen LogP) is -0.279. The van der Waals surface area contributed by atoms with E-state index in [0.29, 0.717) is 6.08 Å². The minimum Gasteiger partial charge on any atom is -0.478 e. The van der Waals surface area contributed by atoms with Gasteiger partial charge in [0, 0.05) is 35.6 Å². The van der Waals surface area contributed by atoms with Crippen LogP contribution in [0.4, 0.5) is 0 Å². The molecule has 0 aromatic heterocycles. The Labute approximate surface area is 74.5 Å². The van der Waals surface area contributed by atoms with Crippen LogP contribution >= 0.6 is 0 Å². The Kier molecular flexibility index (Phi) is 6.43. The molecule has 0 aromatic carbocycles. The first-order valence-corrected chi connectivity index (χ1v) is 2.18. The van der Waals surface area contributed by atoms with Crippen molar-refractivity contribution in [1.29, 1.82) is 0 Å². The van der Waals surface area contributed by atoms with Crippen LogP contribution in [0.15, 0.2) is 11.6 Å². The molecular formula is C5H6O4Sn. The summed E-state index contributed by atoms with van der Waals surface area (Å²) in [5.41, 5.74) is -0.178. The van der Waals surface area contributed by atoms with E-state index in [2.05, 4.69) is 0 Å². The molecule has 0 aliphatic rings. The average molecular weight is 249 g/mol. The molecule has 0 rings (SSSR count). The molecule has 0 unspecified atom stereocenters. The van der Waals surface area contributed by atoms with Crippen LogP contribution in [0, 0.1) is 0 Å². The second kappa shape index (κ2) is 5.28. The molecule has 0 spiro atoms. The van der Waals surface area contributed by atoms with E-state index >= 15 is 0 Å². The molecule has 10 heavy (non-hydrogen) atoms. The molecule has 0 aliphatic heterocycles. The number of carboxylic acids is 2. The van der Waals surface area contributed by atoms with Gasteiger partial charge in [0.2, 0.25) is 0 Å². The first-order chi connectivity index (χ1) is 4.04. The fourth-order valence-corrected chi connectivity index (χ4v) is 0.247. The quantitative estimate of drug-likeness (QED) is 0.521. The van der Waals surface area contributed by atoms with Gasteiger partial charge in [0.25, 0.3) is 0 Å². The van der Waals surface area contributed by atoms with Gasteiger partial charge in [-0.05, 0) is 6.92 Å². The molecule has 4 radical (unpaired) electrons. The van der Waals surface area contributed by atoms with E-state index in [9.17, 15) is 9.59 Å². The summed E-state index contributed by atoms with van der Waals surface area (Å²) >= 11 is 0. The molecule has 5 heteroatoms. The van der Waals surface area contributed by atoms with Gasteiger partial charge in [-0.15, -0.1) is 0 Å². The second-order valence-corrected chi connectivity index (χ2v) is 1.47. The van der Waals surface area contributed by atoms with Crippen molar-refractivity contribution in [3.63, 3.8) is 0 Å². The third kappa shape index (κ3) is 5.61. The fraction of sp³-hybridized carbons (Fsp3) is 0.200. The van der Waals surface area contributed by atoms with Crippen LogP contribution in [0.3, 0.4) is 0 Å². The van der Waals surface area contributed by atoms with E-state index in [1.165, 1.54) is 6.92 Å². The first-order valence-electron chi connectivity index (χ1n) is 2.18. The maximum Gasteiger partial charge on any atom is 0.331 e. The normalized spacial score (nSPS) is 9.90. The van der Waals surface area contributed by atoms with Gasteiger partial charge in [0.15, 0.2) is 0 Å². The molecule has 0 saturated carbocycles. The van der Waals surface area contributed by atoms with Gasteiger partial charge in [-0.25, -0.2) is 9.59 Å². The minimum absolute atomic E-state index is 0. The molecule has 2 N–H and O–H groups in total. The average Bonchev–Trinajstić information content (AvgIpc) is 1.63. The summed E-state index contributed by atoms with van der Waals surface area (Å²) < 4.78 is 0. The van der Waals surface area contributed by atoms with Gasteiger partial charge in [0.1, 0.15) is 0 Å². The molecule has 0 amide bonds. The van der Waals surface area contributed by atoms with Crippen molar-refractivity contribution in [1.82, 2.24) is 0 Å². The molecule has 0 bridgehead atoms. The zero-order valence-corrected chi connectivity index (χ0v) is 8.14. The molecule has 0 fully saturated rings. The van der Waals surface area contributed by atoms with E-state index < -0.39 is 11.9 Å². The van der Waals surface area contributed by atoms with Gasteiger partial charge in [0.05, 0.1) is 0 Å². The number of carbonyl (C=O) groups is 2. The number of hydrogen-bond donors (Lipinski definition) is 2. The standard InChI is InChI=1S/C5H6O4.Sn/c1-3(5(8)9)2-4(6)7;/h2H,1H3,(H,6,7)(H,8,9);/b3-2-;. The topological polar surface area (TPSA) is 74.6 Å². The molecule has 0 aliphatic carbocycles. The van der Waals surface area contributed by atoms with E-state index in [0.717, 1.165) is 0 Å². The van der Waals surface area contributed by atoms with Crippen LogP contribution in [0.25, 0.3) is 0 Å². The summed E-state index contributed by atoms with van der Waals surface area (Å²) in [6, 6.07) is 0. The van der Waals surface area contributed by atoms with E-state index in [1.54, 1.807) is 0 Å². The van der Waals surface area contributed by atoms with E-state index in [4.69, 9.17) is 10.2 Å². The molecule has 4 nitrogen and oxygen atoms in total. The molecule has 0 saturated heterocycles. The fourth-order valence-electron chi connectivity index (χ4n) is 0.247. The summed E-state index contributed by atoms with van der Waals surface area (Å²) in [6.07, 6.45) is 0.641. The second-order valence-electron chi connectivity index (χ2n) is 1.47. The number of rotatable bonds is 2. The third-order valence-corrected chi connectivity index (χ3v) is 0.677. The van der Waals surface area contributed by atoms with E-state index in [-0.39, 0.29) is 29.5 Å². The van der Waals surface area contributed by atoms with Crippen LogP contribution in [0.1, 0.15) is 6.92 Å². The molecule has 0 aromatic rings. The van der Waals surface area contributed by atoms with E-state index in [1.807, 2.05) is 0 Å². The van der Waals surface area contributed by atoms with Crippen molar-refractivity contribution in [3.05, 3.63) is 11.6 Å². The Balaban J connectivity index is 0. The van der Waals surface area contributed by atoms with Gasteiger partial charge in [-0.2, -0.15) is 0 Å². The van der Waals surface area contributed by atoms with Gasteiger partial charge < -0.3 is 10.2 Å². The largest absolute Gasteiger partial charge is 0.478 e.